The van der Waals surface area contributed by atoms with E-state index in [0.717, 1.165) is 25.9 Å². The number of fused-ring (bicyclic) bond motifs is 2. The number of carbonyl (C=O) groups excluding carboxylic acids is 3. The lowest BCUT2D eigenvalue weighted by Gasteiger charge is -2.41. The summed E-state index contributed by atoms with van der Waals surface area (Å²) in [6, 6.07) is 6.43. The average Bonchev–Trinajstić information content (AvgIpc) is 2.77. The molecule has 4 rings (SSSR count). The molecular weight excluding hydrogens is 320 g/mol. The van der Waals surface area contributed by atoms with Crippen LogP contribution in [0.15, 0.2) is 24.3 Å². The Kier molecular flexibility index (Phi) is 4.17. The highest BCUT2D eigenvalue weighted by atomic mass is 16.2. The van der Waals surface area contributed by atoms with Crippen LogP contribution in [-0.4, -0.2) is 66.3 Å². The molecule has 3 amide bonds. The number of anilines is 1. The van der Waals surface area contributed by atoms with Gasteiger partial charge in [-0.15, -0.1) is 0 Å². The highest BCUT2D eigenvalue weighted by Gasteiger charge is 2.41. The molecule has 0 bridgehead atoms. The number of nitrogens with one attached hydrogen (secondary N) is 2. The maximum atomic E-state index is 12.8. The molecule has 1 unspecified atom stereocenters. The number of benzene rings is 1. The van der Waals surface area contributed by atoms with Crippen molar-refractivity contribution in [3.05, 3.63) is 29.8 Å². The second kappa shape index (κ2) is 6.48. The monoisotopic (exact) mass is 342 g/mol. The quantitative estimate of drug-likeness (QED) is 0.769. The van der Waals surface area contributed by atoms with Crippen LogP contribution in [0, 0.1) is 5.92 Å². The van der Waals surface area contributed by atoms with Gasteiger partial charge in [0.2, 0.25) is 11.8 Å². The normalized spacial score (nSPS) is 24.2. The van der Waals surface area contributed by atoms with E-state index in [4.69, 9.17) is 0 Å². The van der Waals surface area contributed by atoms with Crippen molar-refractivity contribution < 1.29 is 14.4 Å². The number of carbonyl (C=O) groups is 3. The second-order valence-electron chi connectivity index (χ2n) is 6.86. The first-order chi connectivity index (χ1) is 12.1. The molecule has 2 saturated heterocycles. The average molecular weight is 342 g/mol. The van der Waals surface area contributed by atoms with Gasteiger partial charge in [0.25, 0.3) is 5.91 Å². The molecule has 3 aliphatic heterocycles. The van der Waals surface area contributed by atoms with Crippen molar-refractivity contribution in [2.75, 3.05) is 38.0 Å². The van der Waals surface area contributed by atoms with Crippen LogP contribution in [0.5, 0.6) is 0 Å². The van der Waals surface area contributed by atoms with Gasteiger partial charge in [0.1, 0.15) is 6.04 Å². The van der Waals surface area contributed by atoms with E-state index in [0.29, 0.717) is 24.3 Å². The van der Waals surface area contributed by atoms with E-state index in [2.05, 4.69) is 10.6 Å². The Labute approximate surface area is 146 Å². The van der Waals surface area contributed by atoms with Crippen LogP contribution in [0.4, 0.5) is 5.69 Å². The predicted molar refractivity (Wildman–Crippen MR) is 92.1 cm³/mol. The number of para-hydroxylation sites is 1. The molecule has 132 valence electrons. The van der Waals surface area contributed by atoms with Gasteiger partial charge in [-0.1, -0.05) is 12.1 Å². The van der Waals surface area contributed by atoms with E-state index in [1.165, 1.54) is 0 Å². The third kappa shape index (κ3) is 2.89. The molecule has 0 aromatic heterocycles. The molecule has 1 aromatic carbocycles. The molecule has 7 nitrogen and oxygen atoms in total. The number of piperazine rings is 1. The summed E-state index contributed by atoms with van der Waals surface area (Å²) < 4.78 is 0. The van der Waals surface area contributed by atoms with Crippen LogP contribution in [0.1, 0.15) is 23.2 Å². The van der Waals surface area contributed by atoms with Crippen molar-refractivity contribution in [2.45, 2.75) is 18.9 Å². The summed E-state index contributed by atoms with van der Waals surface area (Å²) in [6.45, 7) is 2.86. The molecule has 25 heavy (non-hydrogen) atoms. The van der Waals surface area contributed by atoms with Gasteiger partial charge in [-0.2, -0.15) is 0 Å². The van der Waals surface area contributed by atoms with Crippen LogP contribution >= 0.6 is 0 Å². The van der Waals surface area contributed by atoms with Gasteiger partial charge in [-0.25, -0.2) is 0 Å². The Bertz CT molecular complexity index is 714. The van der Waals surface area contributed by atoms with Crippen molar-refractivity contribution in [1.29, 1.82) is 0 Å². The molecule has 2 N–H and O–H groups in total. The zero-order valence-electron chi connectivity index (χ0n) is 14.0. The molecule has 1 aromatic rings. The maximum Gasteiger partial charge on any atom is 0.256 e. The molecule has 0 aliphatic carbocycles. The van der Waals surface area contributed by atoms with Crippen molar-refractivity contribution in [2.24, 2.45) is 5.92 Å². The summed E-state index contributed by atoms with van der Waals surface area (Å²) in [5, 5.41) is 6.10. The highest BCUT2D eigenvalue weighted by Crippen LogP contribution is 2.26. The van der Waals surface area contributed by atoms with Gasteiger partial charge in [0.15, 0.2) is 0 Å². The fourth-order valence-electron chi connectivity index (χ4n) is 3.93. The largest absolute Gasteiger partial charge is 0.338 e. The van der Waals surface area contributed by atoms with E-state index < -0.39 is 6.04 Å². The van der Waals surface area contributed by atoms with Gasteiger partial charge in [-0.05, 0) is 38.1 Å². The topological polar surface area (TPSA) is 81.8 Å². The first-order valence-electron chi connectivity index (χ1n) is 8.85. The standard InChI is InChI=1S/C18H22N4O3/c23-16-15-11-21(17(24)12-5-7-19-8-6-12)9-10-22(15)18(25)13-3-1-2-4-14(13)20-16/h1-4,12,15,19H,5-11H2,(H,20,23). The Morgan fingerprint density at radius 1 is 1.08 bits per heavy atom. The zero-order valence-corrected chi connectivity index (χ0v) is 14.0. The minimum Gasteiger partial charge on any atom is -0.338 e. The molecule has 0 saturated carbocycles. The van der Waals surface area contributed by atoms with Gasteiger partial charge < -0.3 is 20.4 Å². The fourth-order valence-corrected chi connectivity index (χ4v) is 3.93. The molecule has 0 radical (unpaired) electrons. The summed E-state index contributed by atoms with van der Waals surface area (Å²) in [6.07, 6.45) is 1.67. The number of hydrogen-bond donors (Lipinski definition) is 2. The van der Waals surface area contributed by atoms with Crippen molar-refractivity contribution in [3.63, 3.8) is 0 Å². The Hall–Kier alpha value is -2.41. The second-order valence-corrected chi connectivity index (χ2v) is 6.86. The maximum absolute atomic E-state index is 12.8. The summed E-state index contributed by atoms with van der Waals surface area (Å²) >= 11 is 0. The first kappa shape index (κ1) is 16.1. The van der Waals surface area contributed by atoms with Crippen molar-refractivity contribution in [1.82, 2.24) is 15.1 Å². The lowest BCUT2D eigenvalue weighted by Crippen LogP contribution is -2.60. The Morgan fingerprint density at radius 2 is 1.84 bits per heavy atom. The van der Waals surface area contributed by atoms with Crippen LogP contribution in [0.3, 0.4) is 0 Å². The molecular formula is C18H22N4O3. The van der Waals surface area contributed by atoms with E-state index in [1.807, 2.05) is 0 Å². The lowest BCUT2D eigenvalue weighted by molar-refractivity contribution is -0.140. The van der Waals surface area contributed by atoms with E-state index in [1.54, 1.807) is 34.1 Å². The minimum absolute atomic E-state index is 0.0227. The van der Waals surface area contributed by atoms with Gasteiger partial charge in [-0.3, -0.25) is 14.4 Å². The lowest BCUT2D eigenvalue weighted by atomic mass is 9.95. The predicted octanol–water partition coefficient (Wildman–Crippen LogP) is 0.291. The number of hydrogen-bond acceptors (Lipinski definition) is 4. The summed E-state index contributed by atoms with van der Waals surface area (Å²) in [4.78, 5) is 41.6. The van der Waals surface area contributed by atoms with Crippen LogP contribution < -0.4 is 10.6 Å². The smallest absolute Gasteiger partial charge is 0.256 e. The molecule has 2 fully saturated rings. The number of rotatable bonds is 1. The number of piperidine rings is 1. The molecule has 7 heteroatoms. The number of nitrogens with zero attached hydrogens (tertiary/aromatic N) is 2. The number of amides is 3. The van der Waals surface area contributed by atoms with E-state index in [9.17, 15) is 14.4 Å². The van der Waals surface area contributed by atoms with Crippen LogP contribution in [0.25, 0.3) is 0 Å². The van der Waals surface area contributed by atoms with E-state index in [-0.39, 0.29) is 30.2 Å². The van der Waals surface area contributed by atoms with Gasteiger partial charge in [0.05, 0.1) is 17.8 Å². The van der Waals surface area contributed by atoms with Gasteiger partial charge >= 0.3 is 0 Å². The molecule has 3 heterocycles. The fraction of sp³-hybridized carbons (Fsp3) is 0.500. The molecule has 0 spiro atoms. The minimum atomic E-state index is -0.626. The van der Waals surface area contributed by atoms with Crippen molar-refractivity contribution in [3.8, 4) is 0 Å². The Balaban J connectivity index is 1.54. The van der Waals surface area contributed by atoms with Crippen LogP contribution in [-0.2, 0) is 9.59 Å². The summed E-state index contributed by atoms with van der Waals surface area (Å²) in [5.41, 5.74) is 1.06. The highest BCUT2D eigenvalue weighted by molar-refractivity contribution is 6.10. The third-order valence-corrected chi connectivity index (χ3v) is 5.36. The zero-order chi connectivity index (χ0) is 17.4. The SMILES string of the molecule is O=C1Nc2ccccc2C(=O)N2CCN(C(=O)C3CCNCC3)CC12. The molecule has 1 atom stereocenters. The summed E-state index contributed by atoms with van der Waals surface area (Å²) in [7, 11) is 0. The van der Waals surface area contributed by atoms with Crippen molar-refractivity contribution >= 4 is 23.4 Å². The first-order valence-corrected chi connectivity index (χ1v) is 8.85. The summed E-state index contributed by atoms with van der Waals surface area (Å²) in [5.74, 6) is -0.230. The van der Waals surface area contributed by atoms with E-state index >= 15 is 0 Å². The van der Waals surface area contributed by atoms with Gasteiger partial charge in [0, 0.05) is 19.0 Å². The Morgan fingerprint density at radius 3 is 2.64 bits per heavy atom. The third-order valence-electron chi connectivity index (χ3n) is 5.36. The van der Waals surface area contributed by atoms with Crippen LogP contribution in [0.2, 0.25) is 0 Å². The molecule has 3 aliphatic rings.